The Morgan fingerprint density at radius 1 is 0.320 bits per heavy atom. The van der Waals surface area contributed by atoms with Crippen LogP contribution in [0.25, 0.3) is 0 Å². The molecule has 0 aromatic carbocycles. The molecule has 0 amide bonds. The molecule has 0 aliphatic rings. The zero-order chi connectivity index (χ0) is 18.0. The van der Waals surface area contributed by atoms with Gasteiger partial charge in [-0.2, -0.15) is 33.7 Å². The third-order valence-corrected chi connectivity index (χ3v) is 0. The summed E-state index contributed by atoms with van der Waals surface area (Å²) in [7, 11) is -18.7. The van der Waals surface area contributed by atoms with Gasteiger partial charge in [-0.15, -0.1) is 0 Å². The van der Waals surface area contributed by atoms with E-state index in [9.17, 15) is 0 Å². The van der Waals surface area contributed by atoms with Crippen LogP contribution >= 0.6 is 0 Å². The number of hydrogen-bond donors (Lipinski definition) is 12. The van der Waals surface area contributed by atoms with E-state index in [-0.39, 0.29) is 45.0 Å². The van der Waals surface area contributed by atoms with Crippen LogP contribution in [-0.4, -0.2) is 70.1 Å². The fourth-order valence-corrected chi connectivity index (χ4v) is 0. The maximum absolute atomic E-state index is 8.74. The van der Waals surface area contributed by atoms with Crippen LogP contribution in [0.2, 0.25) is 0 Å². The molecule has 0 aromatic rings. The molecule has 0 saturated heterocycles. The van der Waals surface area contributed by atoms with Crippen LogP contribution in [-0.2, 0) is 62.0 Å². The summed E-state index contributed by atoms with van der Waals surface area (Å²) in [6.45, 7) is 0. The summed E-state index contributed by atoms with van der Waals surface area (Å²) in [5.74, 6) is 0. The van der Waals surface area contributed by atoms with E-state index in [0.717, 1.165) is 0 Å². The first-order valence-corrected chi connectivity index (χ1v) is 8.38. The molecule has 170 valence electrons. The van der Waals surface area contributed by atoms with Crippen molar-refractivity contribution in [3.8, 4) is 0 Å². The van der Waals surface area contributed by atoms with Gasteiger partial charge in [-0.1, -0.05) is 0 Å². The quantitative estimate of drug-likeness (QED) is 0.112. The molecule has 20 nitrogen and oxygen atoms in total. The second kappa shape index (κ2) is 22.0. The van der Waals surface area contributed by atoms with Crippen molar-refractivity contribution in [1.82, 2.24) is 24.6 Å². The van der Waals surface area contributed by atoms with E-state index in [1.807, 2.05) is 0 Å². The topological polar surface area (TPSA) is 438 Å². The van der Waals surface area contributed by atoms with Gasteiger partial charge in [-0.3, -0.25) is 36.4 Å². The fourth-order valence-electron chi connectivity index (χ4n) is 0. The van der Waals surface area contributed by atoms with Gasteiger partial charge in [0.15, 0.2) is 0 Å². The van der Waals surface area contributed by atoms with Crippen LogP contribution in [0.5, 0.6) is 0 Å². The molecule has 20 N–H and O–H groups in total. The minimum Gasteiger partial charge on any atom is -0.344 e. The standard InChI is InChI=1S/4H3N.4H2O4S.Pd/c;;;;4*1-5(2,3)4;/h4*1H3;4*(H2,1,2,3,4);. The van der Waals surface area contributed by atoms with Gasteiger partial charge in [0.1, 0.15) is 0 Å². The summed E-state index contributed by atoms with van der Waals surface area (Å²) in [5, 5.41) is 0. The molecule has 25 heavy (non-hydrogen) atoms. The van der Waals surface area contributed by atoms with Gasteiger partial charge in [0.05, 0.1) is 0 Å². The second-order valence-electron chi connectivity index (χ2n) is 1.79. The average molecular weight is 567 g/mol. The summed E-state index contributed by atoms with van der Waals surface area (Å²) in [6, 6.07) is 0. The van der Waals surface area contributed by atoms with Crippen molar-refractivity contribution < 1.29 is 90.5 Å². The first-order chi connectivity index (χ1) is 8.00. The number of hydrogen-bond acceptors (Lipinski definition) is 12. The largest absolute Gasteiger partial charge is 0.394 e. The fraction of sp³-hybridized carbons (Fsp3) is 0. The summed E-state index contributed by atoms with van der Waals surface area (Å²) >= 11 is 0. The third-order valence-electron chi connectivity index (χ3n) is 0. The van der Waals surface area contributed by atoms with Gasteiger partial charge in [0, 0.05) is 20.4 Å². The zero-order valence-electron chi connectivity index (χ0n) is 11.6. The van der Waals surface area contributed by atoms with Gasteiger partial charge in [0.2, 0.25) is 0 Å². The van der Waals surface area contributed by atoms with E-state index < -0.39 is 41.6 Å². The molecule has 0 fully saturated rings. The maximum Gasteiger partial charge on any atom is 0.394 e. The van der Waals surface area contributed by atoms with Gasteiger partial charge in [-0.05, 0) is 0 Å². The monoisotopic (exact) mass is 566 g/mol. The van der Waals surface area contributed by atoms with Gasteiger partial charge >= 0.3 is 41.6 Å². The minimum atomic E-state index is -4.67. The van der Waals surface area contributed by atoms with Crippen molar-refractivity contribution >= 4 is 41.6 Å². The Hall–Kier alpha value is -0.0177. The van der Waals surface area contributed by atoms with E-state index in [4.69, 9.17) is 70.1 Å². The summed E-state index contributed by atoms with van der Waals surface area (Å²) in [5.41, 5.74) is 0. The van der Waals surface area contributed by atoms with Crippen molar-refractivity contribution in [3.05, 3.63) is 0 Å². The van der Waals surface area contributed by atoms with Crippen LogP contribution < -0.4 is 24.6 Å². The first kappa shape index (κ1) is 56.3. The summed E-state index contributed by atoms with van der Waals surface area (Å²) in [4.78, 5) is 0. The summed E-state index contributed by atoms with van der Waals surface area (Å²) < 4.78 is 126. The van der Waals surface area contributed by atoms with E-state index in [1.165, 1.54) is 0 Å². The van der Waals surface area contributed by atoms with Crippen molar-refractivity contribution in [3.63, 3.8) is 0 Å². The minimum absolute atomic E-state index is 0. The smallest absolute Gasteiger partial charge is 0.344 e. The Bertz CT molecular complexity index is 489. The van der Waals surface area contributed by atoms with Crippen molar-refractivity contribution in [2.75, 3.05) is 0 Å². The van der Waals surface area contributed by atoms with Gasteiger partial charge in [-0.25, -0.2) is 0 Å². The molecule has 0 rings (SSSR count). The Kier molecular flexibility index (Phi) is 49.6. The van der Waals surface area contributed by atoms with E-state index >= 15 is 0 Å². The predicted molar refractivity (Wildman–Crippen MR) is 76.8 cm³/mol. The van der Waals surface area contributed by atoms with Crippen LogP contribution in [0.15, 0.2) is 0 Å². The molecule has 0 bridgehead atoms. The molecule has 0 radical (unpaired) electrons. The molecule has 0 aliphatic carbocycles. The third kappa shape index (κ3) is 37100000. The van der Waals surface area contributed by atoms with Crippen molar-refractivity contribution in [2.24, 2.45) is 0 Å². The zero-order valence-corrected chi connectivity index (χ0v) is 16.4. The SMILES string of the molecule is N.N.N.N.O=S(=O)(O)O.O=S(=O)(O)O.O=S(=O)(O)O.O=S(=O)(O)O.[Pd]. The van der Waals surface area contributed by atoms with Crippen molar-refractivity contribution in [1.29, 1.82) is 0 Å². The van der Waals surface area contributed by atoms with Crippen molar-refractivity contribution in [2.45, 2.75) is 0 Å². The molecule has 0 spiro atoms. The van der Waals surface area contributed by atoms with E-state index in [0.29, 0.717) is 0 Å². The molecule has 0 saturated carbocycles. The summed E-state index contributed by atoms with van der Waals surface area (Å²) in [6.07, 6.45) is 0. The molecule has 0 atom stereocenters. The Morgan fingerprint density at radius 2 is 0.320 bits per heavy atom. The maximum atomic E-state index is 8.74. The Morgan fingerprint density at radius 3 is 0.320 bits per heavy atom. The van der Waals surface area contributed by atoms with Crippen LogP contribution in [0.1, 0.15) is 0 Å². The van der Waals surface area contributed by atoms with Gasteiger partial charge < -0.3 is 24.6 Å². The average Bonchev–Trinajstić information content (AvgIpc) is 1.62. The van der Waals surface area contributed by atoms with E-state index in [1.54, 1.807) is 0 Å². The molecular formula is H20N4O16PdS4. The van der Waals surface area contributed by atoms with Crippen LogP contribution in [0.4, 0.5) is 0 Å². The molecular weight excluding hydrogens is 547 g/mol. The Balaban J connectivity index is -0.0000000183. The second-order valence-corrected chi connectivity index (χ2v) is 5.37. The Labute approximate surface area is 156 Å². The molecule has 0 aromatic heterocycles. The first-order valence-electron chi connectivity index (χ1n) is 2.79. The molecule has 0 aliphatic heterocycles. The predicted octanol–water partition coefficient (Wildman–Crippen LogP) is -1.97. The molecule has 0 unspecified atom stereocenters. The van der Waals surface area contributed by atoms with Gasteiger partial charge in [0.25, 0.3) is 0 Å². The number of rotatable bonds is 0. The molecule has 0 heterocycles. The molecule has 25 heteroatoms. The van der Waals surface area contributed by atoms with E-state index in [2.05, 4.69) is 0 Å². The van der Waals surface area contributed by atoms with Crippen LogP contribution in [0.3, 0.4) is 0 Å². The van der Waals surface area contributed by atoms with Crippen LogP contribution in [0, 0.1) is 0 Å². The normalized spacial score (nSPS) is 9.28.